The normalized spacial score (nSPS) is 15.9. The maximum atomic E-state index is 12.7. The molecule has 1 fully saturated rings. The summed E-state index contributed by atoms with van der Waals surface area (Å²) in [5.74, 6) is -1.39. The highest BCUT2D eigenvalue weighted by Crippen LogP contribution is 2.21. The number of carboxylic acid groups (broad SMARTS) is 1. The Morgan fingerprint density at radius 2 is 1.88 bits per heavy atom. The summed E-state index contributed by atoms with van der Waals surface area (Å²) in [6.45, 7) is 1.06. The number of aliphatic carboxylic acids is 1. The van der Waals surface area contributed by atoms with Crippen LogP contribution in [0.4, 0.5) is 0 Å². The lowest BCUT2D eigenvalue weighted by Crippen LogP contribution is -2.35. The predicted octanol–water partition coefficient (Wildman–Crippen LogP) is 1.41. The first-order valence-electron chi connectivity index (χ1n) is 7.90. The molecule has 0 saturated carbocycles. The van der Waals surface area contributed by atoms with Gasteiger partial charge in [0.15, 0.2) is 0 Å². The molecule has 1 aliphatic rings. The number of carbonyl (C=O) groups is 2. The summed E-state index contributed by atoms with van der Waals surface area (Å²) in [6, 6.07) is 5.92. The van der Waals surface area contributed by atoms with Crippen LogP contribution in [0.2, 0.25) is 0 Å². The van der Waals surface area contributed by atoms with Gasteiger partial charge in [0, 0.05) is 32.2 Å². The Morgan fingerprint density at radius 1 is 1.21 bits per heavy atom. The second-order valence-electron chi connectivity index (χ2n) is 5.86. The molecule has 0 aromatic heterocycles. The maximum absolute atomic E-state index is 12.7. The Labute approximate surface area is 141 Å². The van der Waals surface area contributed by atoms with Gasteiger partial charge in [0.05, 0.1) is 11.3 Å². The van der Waals surface area contributed by atoms with E-state index in [2.05, 4.69) is 0 Å². The summed E-state index contributed by atoms with van der Waals surface area (Å²) in [5.41, 5.74) is 0.237. The Kier molecular flexibility index (Phi) is 5.95. The highest BCUT2D eigenvalue weighted by molar-refractivity contribution is 7.89. The summed E-state index contributed by atoms with van der Waals surface area (Å²) < 4.78 is 26.8. The van der Waals surface area contributed by atoms with Gasteiger partial charge in [0.1, 0.15) is 0 Å². The lowest BCUT2D eigenvalue weighted by molar-refractivity contribution is -0.137. The fraction of sp³-hybridized carbons (Fsp3) is 0.500. The summed E-state index contributed by atoms with van der Waals surface area (Å²) in [6.07, 6.45) is 2.55. The van der Waals surface area contributed by atoms with Crippen LogP contribution >= 0.6 is 0 Å². The second kappa shape index (κ2) is 7.76. The lowest BCUT2D eigenvalue weighted by Gasteiger charge is -2.26. The van der Waals surface area contributed by atoms with Gasteiger partial charge in [-0.25, -0.2) is 8.42 Å². The minimum atomic E-state index is -3.60. The molecule has 1 saturated heterocycles. The van der Waals surface area contributed by atoms with E-state index in [1.165, 1.54) is 40.5 Å². The van der Waals surface area contributed by atoms with Crippen molar-refractivity contribution in [3.63, 3.8) is 0 Å². The Balaban J connectivity index is 2.18. The minimum absolute atomic E-state index is 0.0667. The van der Waals surface area contributed by atoms with Gasteiger partial charge >= 0.3 is 5.97 Å². The van der Waals surface area contributed by atoms with Crippen LogP contribution in [0.15, 0.2) is 29.2 Å². The third-order valence-corrected chi connectivity index (χ3v) is 5.94. The molecule has 0 bridgehead atoms. The smallest absolute Gasteiger partial charge is 0.305 e. The highest BCUT2D eigenvalue weighted by atomic mass is 32.2. The van der Waals surface area contributed by atoms with E-state index in [0.29, 0.717) is 13.1 Å². The van der Waals surface area contributed by atoms with Crippen LogP contribution in [0.25, 0.3) is 0 Å². The van der Waals surface area contributed by atoms with Crippen molar-refractivity contribution in [2.24, 2.45) is 0 Å². The molecule has 1 aromatic rings. The largest absolute Gasteiger partial charge is 0.481 e. The first-order chi connectivity index (χ1) is 11.3. The summed E-state index contributed by atoms with van der Waals surface area (Å²) in [5, 5.41) is 8.69. The molecule has 1 heterocycles. The first kappa shape index (κ1) is 18.4. The number of hydrogen-bond donors (Lipinski definition) is 1. The number of benzene rings is 1. The van der Waals surface area contributed by atoms with Crippen molar-refractivity contribution < 1.29 is 23.1 Å². The van der Waals surface area contributed by atoms with Gasteiger partial charge in [-0.2, -0.15) is 4.31 Å². The van der Waals surface area contributed by atoms with Crippen molar-refractivity contribution in [1.82, 2.24) is 9.21 Å². The molecule has 1 amide bonds. The van der Waals surface area contributed by atoms with Crippen LogP contribution in [0, 0.1) is 0 Å². The van der Waals surface area contributed by atoms with Crippen molar-refractivity contribution in [3.05, 3.63) is 29.8 Å². The first-order valence-corrected chi connectivity index (χ1v) is 9.34. The van der Waals surface area contributed by atoms with E-state index in [1.807, 2.05) is 0 Å². The van der Waals surface area contributed by atoms with Crippen molar-refractivity contribution in [3.8, 4) is 0 Å². The second-order valence-corrected chi connectivity index (χ2v) is 7.80. The molecular weight excluding hydrogens is 332 g/mol. The lowest BCUT2D eigenvalue weighted by atomic mass is 10.2. The number of rotatable bonds is 6. The summed E-state index contributed by atoms with van der Waals surface area (Å²) >= 11 is 0. The fourth-order valence-electron chi connectivity index (χ4n) is 2.63. The van der Waals surface area contributed by atoms with E-state index in [-0.39, 0.29) is 23.4 Å². The predicted molar refractivity (Wildman–Crippen MR) is 88.3 cm³/mol. The molecule has 132 valence electrons. The number of amides is 1. The van der Waals surface area contributed by atoms with E-state index < -0.39 is 21.9 Å². The van der Waals surface area contributed by atoms with Gasteiger partial charge < -0.3 is 10.0 Å². The molecule has 2 rings (SSSR count). The number of nitrogens with zero attached hydrogens (tertiary/aromatic N) is 2. The monoisotopic (exact) mass is 354 g/mol. The van der Waals surface area contributed by atoms with E-state index in [1.54, 1.807) is 0 Å². The zero-order valence-corrected chi connectivity index (χ0v) is 14.5. The van der Waals surface area contributed by atoms with Crippen molar-refractivity contribution in [1.29, 1.82) is 0 Å². The molecule has 0 atom stereocenters. The number of piperidine rings is 1. The van der Waals surface area contributed by atoms with Crippen LogP contribution in [0.1, 0.15) is 36.0 Å². The zero-order valence-electron chi connectivity index (χ0n) is 13.6. The average Bonchev–Trinajstić information content (AvgIpc) is 2.59. The van der Waals surface area contributed by atoms with E-state index in [4.69, 9.17) is 5.11 Å². The number of carboxylic acids is 1. The summed E-state index contributed by atoms with van der Waals surface area (Å²) in [4.78, 5) is 24.3. The van der Waals surface area contributed by atoms with E-state index in [9.17, 15) is 18.0 Å². The highest BCUT2D eigenvalue weighted by Gasteiger charge is 2.26. The number of sulfonamides is 1. The maximum Gasteiger partial charge on any atom is 0.305 e. The number of hydrogen-bond acceptors (Lipinski definition) is 4. The standard InChI is InChI=1S/C16H22N2O5S/c1-17(11-8-15(19)20)16(21)13-6-5-7-14(12-13)24(22,23)18-9-3-2-4-10-18/h5-7,12H,2-4,8-11H2,1H3,(H,19,20). The molecule has 8 heteroatoms. The van der Waals surface area contributed by atoms with Crippen LogP contribution < -0.4 is 0 Å². The SMILES string of the molecule is CN(CCC(=O)O)C(=O)c1cccc(S(=O)(=O)N2CCCCC2)c1. The van der Waals surface area contributed by atoms with Gasteiger partial charge in [-0.1, -0.05) is 12.5 Å². The van der Waals surface area contributed by atoms with Crippen molar-refractivity contribution in [2.75, 3.05) is 26.7 Å². The topological polar surface area (TPSA) is 95.0 Å². The Morgan fingerprint density at radius 3 is 2.50 bits per heavy atom. The number of carbonyl (C=O) groups excluding carboxylic acids is 1. The van der Waals surface area contributed by atoms with Crippen molar-refractivity contribution in [2.45, 2.75) is 30.6 Å². The third kappa shape index (κ3) is 4.33. The molecule has 1 aliphatic heterocycles. The van der Waals surface area contributed by atoms with E-state index >= 15 is 0 Å². The molecular formula is C16H22N2O5S. The molecule has 1 N–H and O–H groups in total. The van der Waals surface area contributed by atoms with Gasteiger partial charge in [-0.05, 0) is 31.0 Å². The fourth-order valence-corrected chi connectivity index (χ4v) is 4.19. The van der Waals surface area contributed by atoms with Gasteiger partial charge in [0.25, 0.3) is 5.91 Å². The molecule has 0 spiro atoms. The van der Waals surface area contributed by atoms with Crippen LogP contribution in [0.5, 0.6) is 0 Å². The molecule has 1 aromatic carbocycles. The third-order valence-electron chi connectivity index (χ3n) is 4.04. The molecule has 0 unspecified atom stereocenters. The minimum Gasteiger partial charge on any atom is -0.481 e. The Bertz CT molecular complexity index is 711. The average molecular weight is 354 g/mol. The molecule has 0 radical (unpaired) electrons. The van der Waals surface area contributed by atoms with Crippen LogP contribution in [0.3, 0.4) is 0 Å². The van der Waals surface area contributed by atoms with Crippen LogP contribution in [-0.2, 0) is 14.8 Å². The summed E-state index contributed by atoms with van der Waals surface area (Å²) in [7, 11) is -2.10. The van der Waals surface area contributed by atoms with Crippen molar-refractivity contribution >= 4 is 21.9 Å². The van der Waals surface area contributed by atoms with Gasteiger partial charge in [-0.3, -0.25) is 9.59 Å². The zero-order chi connectivity index (χ0) is 17.7. The Hall–Kier alpha value is -1.93. The molecule has 0 aliphatic carbocycles. The van der Waals surface area contributed by atoms with E-state index in [0.717, 1.165) is 19.3 Å². The molecule has 24 heavy (non-hydrogen) atoms. The van der Waals surface area contributed by atoms with Gasteiger partial charge in [0.2, 0.25) is 10.0 Å². The molecule has 7 nitrogen and oxygen atoms in total. The van der Waals surface area contributed by atoms with Gasteiger partial charge in [-0.15, -0.1) is 0 Å². The van der Waals surface area contributed by atoms with Crippen LogP contribution in [-0.4, -0.2) is 61.3 Å². The quantitative estimate of drug-likeness (QED) is 0.833.